The van der Waals surface area contributed by atoms with E-state index in [-0.39, 0.29) is 17.6 Å². The van der Waals surface area contributed by atoms with Gasteiger partial charge in [-0.25, -0.2) is 4.39 Å². The van der Waals surface area contributed by atoms with Gasteiger partial charge in [-0.3, -0.25) is 4.79 Å². The van der Waals surface area contributed by atoms with Gasteiger partial charge in [-0.1, -0.05) is 18.2 Å². The Morgan fingerprint density at radius 3 is 2.76 bits per heavy atom. The lowest BCUT2D eigenvalue weighted by Crippen LogP contribution is -2.43. The molecule has 3 heterocycles. The second-order valence-corrected chi connectivity index (χ2v) is 8.47. The molecular formula is C26H26FN5O. The third kappa shape index (κ3) is 4.72. The van der Waals surface area contributed by atoms with Crippen LogP contribution < -0.4 is 10.2 Å². The highest BCUT2D eigenvalue weighted by Gasteiger charge is 2.26. The zero-order valence-corrected chi connectivity index (χ0v) is 18.3. The number of aromatic nitrogens is 3. The number of carbonyl (C=O) groups excluding carboxylic acids is 1. The molecule has 2 aromatic heterocycles. The number of amides is 1. The number of benzene rings is 2. The first kappa shape index (κ1) is 21.1. The molecule has 4 aromatic rings. The Balaban J connectivity index is 1.17. The SMILES string of the molecule is O=C(NCCc1c[nH]c2ccccc12)C1CCCN(c2ccc(-c3ccc(F)cc3)nn2)C1. The fourth-order valence-electron chi connectivity index (χ4n) is 4.47. The zero-order valence-electron chi connectivity index (χ0n) is 18.3. The smallest absolute Gasteiger partial charge is 0.224 e. The Labute approximate surface area is 191 Å². The molecule has 2 N–H and O–H groups in total. The topological polar surface area (TPSA) is 73.9 Å². The van der Waals surface area contributed by atoms with Gasteiger partial charge in [-0.15, -0.1) is 10.2 Å². The summed E-state index contributed by atoms with van der Waals surface area (Å²) >= 11 is 0. The number of para-hydroxylation sites is 1. The molecule has 0 bridgehead atoms. The molecule has 0 aliphatic carbocycles. The Morgan fingerprint density at radius 1 is 1.09 bits per heavy atom. The first-order chi connectivity index (χ1) is 16.2. The van der Waals surface area contributed by atoms with E-state index in [2.05, 4.69) is 37.5 Å². The predicted octanol–water partition coefficient (Wildman–Crippen LogP) is 4.34. The average Bonchev–Trinajstić information content (AvgIpc) is 3.28. The van der Waals surface area contributed by atoms with E-state index in [9.17, 15) is 9.18 Å². The van der Waals surface area contributed by atoms with E-state index < -0.39 is 0 Å². The largest absolute Gasteiger partial charge is 0.361 e. The number of piperidine rings is 1. The minimum absolute atomic E-state index is 0.0692. The minimum atomic E-state index is -0.276. The molecule has 33 heavy (non-hydrogen) atoms. The Kier molecular flexibility index (Phi) is 6.02. The molecule has 0 spiro atoms. The van der Waals surface area contributed by atoms with Gasteiger partial charge in [-0.05, 0) is 67.3 Å². The van der Waals surface area contributed by atoms with Crippen LogP contribution >= 0.6 is 0 Å². The summed E-state index contributed by atoms with van der Waals surface area (Å²) in [5.41, 5.74) is 3.85. The highest BCUT2D eigenvalue weighted by atomic mass is 19.1. The van der Waals surface area contributed by atoms with Crippen molar-refractivity contribution in [2.75, 3.05) is 24.5 Å². The van der Waals surface area contributed by atoms with Crippen LogP contribution in [0.15, 0.2) is 66.9 Å². The van der Waals surface area contributed by atoms with Gasteiger partial charge in [0.15, 0.2) is 5.82 Å². The molecule has 1 fully saturated rings. The van der Waals surface area contributed by atoms with Crippen LogP contribution in [0, 0.1) is 11.7 Å². The highest BCUT2D eigenvalue weighted by molar-refractivity contribution is 5.83. The molecule has 1 atom stereocenters. The number of rotatable bonds is 6. The van der Waals surface area contributed by atoms with Crippen LogP contribution in [-0.2, 0) is 11.2 Å². The number of fused-ring (bicyclic) bond motifs is 1. The second kappa shape index (κ2) is 9.40. The number of anilines is 1. The van der Waals surface area contributed by atoms with Crippen LogP contribution in [0.5, 0.6) is 0 Å². The van der Waals surface area contributed by atoms with E-state index >= 15 is 0 Å². The van der Waals surface area contributed by atoms with Crippen molar-refractivity contribution in [3.63, 3.8) is 0 Å². The summed E-state index contributed by atoms with van der Waals surface area (Å²) < 4.78 is 13.1. The van der Waals surface area contributed by atoms with Crippen molar-refractivity contribution < 1.29 is 9.18 Å². The van der Waals surface area contributed by atoms with E-state index in [4.69, 9.17) is 0 Å². The maximum Gasteiger partial charge on any atom is 0.224 e. The summed E-state index contributed by atoms with van der Waals surface area (Å²) in [4.78, 5) is 18.2. The van der Waals surface area contributed by atoms with Crippen molar-refractivity contribution in [2.24, 2.45) is 5.92 Å². The lowest BCUT2D eigenvalue weighted by Gasteiger charge is -2.32. The van der Waals surface area contributed by atoms with Crippen molar-refractivity contribution >= 4 is 22.6 Å². The van der Waals surface area contributed by atoms with E-state index in [0.29, 0.717) is 18.8 Å². The van der Waals surface area contributed by atoms with Crippen molar-refractivity contribution in [3.8, 4) is 11.3 Å². The molecule has 6 nitrogen and oxygen atoms in total. The van der Waals surface area contributed by atoms with Gasteiger partial charge in [0, 0.05) is 42.3 Å². The molecule has 7 heteroatoms. The number of H-pyrrole nitrogens is 1. The van der Waals surface area contributed by atoms with Crippen molar-refractivity contribution in [2.45, 2.75) is 19.3 Å². The monoisotopic (exact) mass is 443 g/mol. The van der Waals surface area contributed by atoms with Crippen molar-refractivity contribution in [1.82, 2.24) is 20.5 Å². The maximum absolute atomic E-state index is 13.1. The van der Waals surface area contributed by atoms with Gasteiger partial charge in [0.2, 0.25) is 5.91 Å². The van der Waals surface area contributed by atoms with Gasteiger partial charge in [0.25, 0.3) is 0 Å². The molecule has 1 unspecified atom stereocenters. The molecule has 1 amide bonds. The number of halogens is 1. The Hall–Kier alpha value is -3.74. The summed E-state index contributed by atoms with van der Waals surface area (Å²) in [5.74, 6) is 0.510. The predicted molar refractivity (Wildman–Crippen MR) is 127 cm³/mol. The summed E-state index contributed by atoms with van der Waals surface area (Å²) in [6, 6.07) is 18.2. The molecule has 1 aliphatic rings. The second-order valence-electron chi connectivity index (χ2n) is 8.47. The standard InChI is InChI=1S/C26H26FN5O/c27-21-9-7-18(8-10-21)23-11-12-25(31-30-23)32-15-3-4-20(17-32)26(33)28-14-13-19-16-29-24-6-2-1-5-22(19)24/h1-2,5-12,16,20,29H,3-4,13-15,17H2,(H,28,33). The fraction of sp³-hybridized carbons (Fsp3) is 0.269. The third-order valence-electron chi connectivity index (χ3n) is 6.28. The summed E-state index contributed by atoms with van der Waals surface area (Å²) in [5, 5.41) is 13.0. The summed E-state index contributed by atoms with van der Waals surface area (Å²) in [7, 11) is 0. The molecule has 1 saturated heterocycles. The van der Waals surface area contributed by atoms with Crippen LogP contribution in [0.2, 0.25) is 0 Å². The first-order valence-electron chi connectivity index (χ1n) is 11.3. The zero-order chi connectivity index (χ0) is 22.6. The van der Waals surface area contributed by atoms with Gasteiger partial charge >= 0.3 is 0 Å². The normalized spacial score (nSPS) is 16.2. The molecule has 0 saturated carbocycles. The average molecular weight is 444 g/mol. The van der Waals surface area contributed by atoms with Gasteiger partial charge in [0.1, 0.15) is 5.82 Å². The number of nitrogens with one attached hydrogen (secondary N) is 2. The van der Waals surface area contributed by atoms with E-state index in [0.717, 1.165) is 42.7 Å². The number of aromatic amines is 1. The number of hydrogen-bond donors (Lipinski definition) is 2. The maximum atomic E-state index is 13.1. The van der Waals surface area contributed by atoms with Gasteiger partial charge in [0.05, 0.1) is 11.6 Å². The van der Waals surface area contributed by atoms with Crippen LogP contribution in [0.3, 0.4) is 0 Å². The van der Waals surface area contributed by atoms with Crippen LogP contribution in [-0.4, -0.2) is 40.7 Å². The summed E-state index contributed by atoms with van der Waals surface area (Å²) in [6.45, 7) is 2.09. The number of nitrogens with zero attached hydrogens (tertiary/aromatic N) is 3. The summed E-state index contributed by atoms with van der Waals surface area (Å²) in [6.07, 6.45) is 4.62. The van der Waals surface area contributed by atoms with E-state index in [1.807, 2.05) is 30.5 Å². The number of hydrogen-bond acceptors (Lipinski definition) is 4. The van der Waals surface area contributed by atoms with Crippen LogP contribution in [0.1, 0.15) is 18.4 Å². The van der Waals surface area contributed by atoms with Crippen molar-refractivity contribution in [1.29, 1.82) is 0 Å². The molecule has 5 rings (SSSR count). The van der Waals surface area contributed by atoms with Crippen LogP contribution in [0.25, 0.3) is 22.2 Å². The quantitative estimate of drug-likeness (QED) is 0.465. The first-order valence-corrected chi connectivity index (χ1v) is 11.3. The Morgan fingerprint density at radius 2 is 1.94 bits per heavy atom. The molecule has 2 aromatic carbocycles. The number of carbonyl (C=O) groups is 1. The minimum Gasteiger partial charge on any atom is -0.361 e. The molecule has 1 aliphatic heterocycles. The lowest BCUT2D eigenvalue weighted by molar-refractivity contribution is -0.125. The van der Waals surface area contributed by atoms with Crippen LogP contribution in [0.4, 0.5) is 10.2 Å². The third-order valence-corrected chi connectivity index (χ3v) is 6.28. The fourth-order valence-corrected chi connectivity index (χ4v) is 4.47. The van der Waals surface area contributed by atoms with E-state index in [1.165, 1.54) is 23.1 Å². The molecule has 0 radical (unpaired) electrons. The molecule has 168 valence electrons. The van der Waals surface area contributed by atoms with Gasteiger partial charge in [-0.2, -0.15) is 0 Å². The highest BCUT2D eigenvalue weighted by Crippen LogP contribution is 2.24. The van der Waals surface area contributed by atoms with Gasteiger partial charge < -0.3 is 15.2 Å². The lowest BCUT2D eigenvalue weighted by atomic mass is 9.97. The molecular weight excluding hydrogens is 417 g/mol. The Bertz CT molecular complexity index is 1240. The van der Waals surface area contributed by atoms with E-state index in [1.54, 1.807) is 12.1 Å². The van der Waals surface area contributed by atoms with Crippen molar-refractivity contribution in [3.05, 3.63) is 78.2 Å².